The van der Waals surface area contributed by atoms with Crippen molar-refractivity contribution >= 4 is 11.5 Å². The number of nitrogen functional groups attached to an aromatic ring is 2. The van der Waals surface area contributed by atoms with Gasteiger partial charge in [0.1, 0.15) is 11.4 Å². The quantitative estimate of drug-likeness (QED) is 0.686. The van der Waals surface area contributed by atoms with Crippen LogP contribution in [0.3, 0.4) is 0 Å². The van der Waals surface area contributed by atoms with Crippen LogP contribution < -0.4 is 16.2 Å². The van der Waals surface area contributed by atoms with Crippen molar-refractivity contribution < 1.29 is 4.74 Å². The number of ether oxygens (including phenoxy) is 1. The third-order valence-electron chi connectivity index (χ3n) is 2.21. The summed E-state index contributed by atoms with van der Waals surface area (Å²) in [4.78, 5) is 0. The first-order valence-electron chi connectivity index (χ1n) is 4.46. The lowest BCUT2D eigenvalue weighted by atomic mass is 10.1. The molecule has 5 nitrogen and oxygen atoms in total. The Hall–Kier alpha value is -2.17. The van der Waals surface area contributed by atoms with Crippen molar-refractivity contribution in [3.63, 3.8) is 0 Å². The predicted octanol–water partition coefficient (Wildman–Crippen LogP) is 1.25. The van der Waals surface area contributed by atoms with Crippen LogP contribution in [0.4, 0.5) is 11.5 Å². The zero-order chi connectivity index (χ0) is 10.8. The molecule has 2 aromatic rings. The van der Waals surface area contributed by atoms with Crippen LogP contribution in [0.25, 0.3) is 11.3 Å². The first kappa shape index (κ1) is 9.39. The van der Waals surface area contributed by atoms with Crippen LogP contribution in [0, 0.1) is 0 Å². The molecular formula is C10H12N4O. The molecule has 0 amide bonds. The van der Waals surface area contributed by atoms with Crippen molar-refractivity contribution in [3.8, 4) is 17.0 Å². The first-order valence-corrected chi connectivity index (χ1v) is 4.46. The molecule has 5 N–H and O–H groups in total. The molecular weight excluding hydrogens is 192 g/mol. The van der Waals surface area contributed by atoms with Gasteiger partial charge < -0.3 is 16.2 Å². The molecule has 1 aromatic carbocycles. The van der Waals surface area contributed by atoms with Gasteiger partial charge in [0.2, 0.25) is 0 Å². The van der Waals surface area contributed by atoms with Gasteiger partial charge in [-0.05, 0) is 12.1 Å². The van der Waals surface area contributed by atoms with Crippen molar-refractivity contribution in [2.45, 2.75) is 0 Å². The second-order valence-corrected chi connectivity index (χ2v) is 3.10. The zero-order valence-electron chi connectivity index (χ0n) is 8.32. The molecule has 0 saturated carbocycles. The highest BCUT2D eigenvalue weighted by Gasteiger charge is 2.12. The molecule has 0 radical (unpaired) electrons. The van der Waals surface area contributed by atoms with Gasteiger partial charge in [-0.15, -0.1) is 0 Å². The second-order valence-electron chi connectivity index (χ2n) is 3.10. The van der Waals surface area contributed by atoms with Crippen LogP contribution in [-0.4, -0.2) is 17.3 Å². The number of anilines is 2. The summed E-state index contributed by atoms with van der Waals surface area (Å²) in [5.41, 5.74) is 13.3. The van der Waals surface area contributed by atoms with Gasteiger partial charge in [0, 0.05) is 5.56 Å². The minimum absolute atomic E-state index is 0.302. The average Bonchev–Trinajstić information content (AvgIpc) is 2.60. The monoisotopic (exact) mass is 204 g/mol. The van der Waals surface area contributed by atoms with Gasteiger partial charge in [-0.1, -0.05) is 12.1 Å². The lowest BCUT2D eigenvalue weighted by Crippen LogP contribution is -1.93. The smallest absolute Gasteiger partial charge is 0.169 e. The third kappa shape index (κ3) is 1.48. The molecule has 0 bridgehead atoms. The lowest BCUT2D eigenvalue weighted by Gasteiger charge is -2.06. The number of nitrogens with one attached hydrogen (secondary N) is 1. The number of para-hydroxylation sites is 1. The minimum atomic E-state index is 0.302. The van der Waals surface area contributed by atoms with E-state index in [0.717, 1.165) is 11.3 Å². The standard InChI is InChI=1S/C10H12N4O/c1-15-7-5-3-2-4-6(7)9-8(11)10(12)14-13-9/h2-5H,11H2,1H3,(H3,12,13,14). The molecule has 0 fully saturated rings. The number of hydrogen-bond donors (Lipinski definition) is 3. The molecule has 0 saturated heterocycles. The Morgan fingerprint density at radius 2 is 2.00 bits per heavy atom. The average molecular weight is 204 g/mol. The molecule has 0 aliphatic rings. The number of aromatic nitrogens is 2. The summed E-state index contributed by atoms with van der Waals surface area (Å²) in [5, 5.41) is 6.62. The van der Waals surface area contributed by atoms with Crippen molar-refractivity contribution in [3.05, 3.63) is 24.3 Å². The normalized spacial score (nSPS) is 10.2. The van der Waals surface area contributed by atoms with Gasteiger partial charge in [0.05, 0.1) is 12.8 Å². The number of nitrogens with two attached hydrogens (primary N) is 2. The summed E-state index contributed by atoms with van der Waals surface area (Å²) >= 11 is 0. The van der Waals surface area contributed by atoms with Crippen LogP contribution in [0.5, 0.6) is 5.75 Å². The van der Waals surface area contributed by atoms with E-state index in [9.17, 15) is 0 Å². The zero-order valence-corrected chi connectivity index (χ0v) is 8.32. The maximum Gasteiger partial charge on any atom is 0.169 e. The SMILES string of the molecule is COc1ccccc1-c1[nH]nc(N)c1N. The van der Waals surface area contributed by atoms with E-state index in [4.69, 9.17) is 16.2 Å². The summed E-state index contributed by atoms with van der Waals surface area (Å²) in [6.07, 6.45) is 0. The summed E-state index contributed by atoms with van der Waals surface area (Å²) in [6.45, 7) is 0. The van der Waals surface area contributed by atoms with Crippen molar-refractivity contribution in [2.75, 3.05) is 18.6 Å². The van der Waals surface area contributed by atoms with E-state index in [1.165, 1.54) is 0 Å². The molecule has 0 aliphatic carbocycles. The Morgan fingerprint density at radius 1 is 1.27 bits per heavy atom. The Labute approximate surface area is 87.0 Å². The van der Waals surface area contributed by atoms with Crippen LogP contribution in [0.15, 0.2) is 24.3 Å². The van der Waals surface area contributed by atoms with Crippen molar-refractivity contribution in [1.29, 1.82) is 0 Å². The van der Waals surface area contributed by atoms with E-state index in [1.54, 1.807) is 7.11 Å². The largest absolute Gasteiger partial charge is 0.496 e. The number of rotatable bonds is 2. The van der Waals surface area contributed by atoms with Gasteiger partial charge in [-0.3, -0.25) is 5.10 Å². The number of H-pyrrole nitrogens is 1. The Balaban J connectivity index is 2.58. The highest BCUT2D eigenvalue weighted by Crippen LogP contribution is 2.33. The van der Waals surface area contributed by atoms with E-state index >= 15 is 0 Å². The highest BCUT2D eigenvalue weighted by molar-refractivity contribution is 5.82. The summed E-state index contributed by atoms with van der Waals surface area (Å²) in [5.74, 6) is 1.03. The summed E-state index contributed by atoms with van der Waals surface area (Å²) in [6, 6.07) is 7.53. The second kappa shape index (κ2) is 3.53. The third-order valence-corrected chi connectivity index (χ3v) is 2.21. The fourth-order valence-electron chi connectivity index (χ4n) is 1.42. The molecule has 0 spiro atoms. The van der Waals surface area contributed by atoms with E-state index in [2.05, 4.69) is 10.2 Å². The highest BCUT2D eigenvalue weighted by atomic mass is 16.5. The molecule has 78 valence electrons. The van der Waals surface area contributed by atoms with E-state index in [-0.39, 0.29) is 0 Å². The van der Waals surface area contributed by atoms with Crippen molar-refractivity contribution in [1.82, 2.24) is 10.2 Å². The summed E-state index contributed by atoms with van der Waals surface area (Å²) in [7, 11) is 1.61. The number of nitrogens with zero attached hydrogens (tertiary/aromatic N) is 1. The Kier molecular flexibility index (Phi) is 2.21. The number of hydrogen-bond acceptors (Lipinski definition) is 4. The molecule has 1 heterocycles. The van der Waals surface area contributed by atoms with Crippen LogP contribution in [0.1, 0.15) is 0 Å². The van der Waals surface area contributed by atoms with Gasteiger partial charge >= 0.3 is 0 Å². The van der Waals surface area contributed by atoms with Gasteiger partial charge in [-0.25, -0.2) is 0 Å². The molecule has 0 aliphatic heterocycles. The fourth-order valence-corrected chi connectivity index (χ4v) is 1.42. The van der Waals surface area contributed by atoms with Crippen molar-refractivity contribution in [2.24, 2.45) is 0 Å². The van der Waals surface area contributed by atoms with E-state index in [1.807, 2.05) is 24.3 Å². The maximum absolute atomic E-state index is 5.78. The lowest BCUT2D eigenvalue weighted by molar-refractivity contribution is 0.416. The molecule has 0 unspecified atom stereocenters. The minimum Gasteiger partial charge on any atom is -0.496 e. The van der Waals surface area contributed by atoms with E-state index < -0.39 is 0 Å². The maximum atomic E-state index is 5.78. The Bertz CT molecular complexity index is 478. The van der Waals surface area contributed by atoms with Crippen LogP contribution in [0.2, 0.25) is 0 Å². The number of aromatic amines is 1. The van der Waals surface area contributed by atoms with Crippen LogP contribution in [-0.2, 0) is 0 Å². The summed E-state index contributed by atoms with van der Waals surface area (Å²) < 4.78 is 5.22. The predicted molar refractivity (Wildman–Crippen MR) is 59.4 cm³/mol. The Morgan fingerprint density at radius 3 is 2.60 bits per heavy atom. The number of methoxy groups -OCH3 is 1. The molecule has 2 rings (SSSR count). The molecule has 15 heavy (non-hydrogen) atoms. The molecule has 0 atom stereocenters. The molecule has 1 aromatic heterocycles. The molecule has 5 heteroatoms. The van der Waals surface area contributed by atoms with Gasteiger partial charge in [-0.2, -0.15) is 5.10 Å². The van der Waals surface area contributed by atoms with Crippen LogP contribution >= 0.6 is 0 Å². The van der Waals surface area contributed by atoms with Gasteiger partial charge in [0.25, 0.3) is 0 Å². The fraction of sp³-hybridized carbons (Fsp3) is 0.100. The van der Waals surface area contributed by atoms with E-state index in [0.29, 0.717) is 17.2 Å². The first-order chi connectivity index (χ1) is 7.24. The topological polar surface area (TPSA) is 89.9 Å². The van der Waals surface area contributed by atoms with Gasteiger partial charge in [0.15, 0.2) is 5.82 Å². The number of benzene rings is 1.